The van der Waals surface area contributed by atoms with Crippen LogP contribution in [0.2, 0.25) is 0 Å². The lowest BCUT2D eigenvalue weighted by Gasteiger charge is -2.25. The van der Waals surface area contributed by atoms with E-state index in [1.807, 2.05) is 24.3 Å². The molecule has 3 heteroatoms. The van der Waals surface area contributed by atoms with Gasteiger partial charge in [-0.2, -0.15) is 0 Å². The number of benzene rings is 1. The number of hydrogen-bond acceptors (Lipinski definition) is 3. The topological polar surface area (TPSA) is 30.5 Å². The number of methoxy groups -OCH3 is 1. The lowest BCUT2D eigenvalue weighted by atomic mass is 10.1. The SMILES string of the molecule is COc1ccccc1OC1CCCCN1. The molecule has 82 valence electrons. The molecule has 0 aliphatic carbocycles. The molecule has 0 saturated carbocycles. The summed E-state index contributed by atoms with van der Waals surface area (Å²) in [4.78, 5) is 0. The summed E-state index contributed by atoms with van der Waals surface area (Å²) < 4.78 is 11.1. The molecule has 1 aromatic rings. The normalized spacial score (nSPS) is 21.0. The van der Waals surface area contributed by atoms with Crippen LogP contribution in [0.25, 0.3) is 0 Å². The molecule has 1 N–H and O–H groups in total. The van der Waals surface area contributed by atoms with Crippen molar-refractivity contribution in [3.63, 3.8) is 0 Å². The van der Waals surface area contributed by atoms with Gasteiger partial charge < -0.3 is 9.47 Å². The predicted octanol–water partition coefficient (Wildman–Crippen LogP) is 2.17. The zero-order valence-corrected chi connectivity index (χ0v) is 9.03. The zero-order valence-electron chi connectivity index (χ0n) is 9.03. The fourth-order valence-corrected chi connectivity index (χ4v) is 1.79. The fraction of sp³-hybridized carbons (Fsp3) is 0.500. The maximum Gasteiger partial charge on any atom is 0.163 e. The van der Waals surface area contributed by atoms with E-state index in [2.05, 4.69) is 5.32 Å². The first-order chi connectivity index (χ1) is 7.40. The Labute approximate surface area is 90.4 Å². The summed E-state index contributed by atoms with van der Waals surface area (Å²) in [5, 5.41) is 3.34. The zero-order chi connectivity index (χ0) is 10.5. The van der Waals surface area contributed by atoms with Crippen molar-refractivity contribution in [3.05, 3.63) is 24.3 Å². The number of rotatable bonds is 3. The van der Waals surface area contributed by atoms with E-state index in [0.29, 0.717) is 0 Å². The molecule has 1 fully saturated rings. The van der Waals surface area contributed by atoms with Gasteiger partial charge in [0.05, 0.1) is 7.11 Å². The summed E-state index contributed by atoms with van der Waals surface area (Å²) in [6.45, 7) is 1.04. The van der Waals surface area contributed by atoms with Gasteiger partial charge in [0, 0.05) is 0 Å². The van der Waals surface area contributed by atoms with E-state index >= 15 is 0 Å². The van der Waals surface area contributed by atoms with Gasteiger partial charge in [-0.1, -0.05) is 12.1 Å². The van der Waals surface area contributed by atoms with Crippen LogP contribution in [-0.2, 0) is 0 Å². The summed E-state index contributed by atoms with van der Waals surface area (Å²) in [6, 6.07) is 7.76. The quantitative estimate of drug-likeness (QED) is 0.824. The van der Waals surface area contributed by atoms with Crippen molar-refractivity contribution in [2.24, 2.45) is 0 Å². The molecule has 1 unspecified atom stereocenters. The minimum Gasteiger partial charge on any atom is -0.493 e. The van der Waals surface area contributed by atoms with Gasteiger partial charge in [-0.05, 0) is 37.9 Å². The predicted molar refractivity (Wildman–Crippen MR) is 59.3 cm³/mol. The second kappa shape index (κ2) is 5.03. The van der Waals surface area contributed by atoms with Crippen molar-refractivity contribution < 1.29 is 9.47 Å². The third-order valence-electron chi connectivity index (χ3n) is 2.60. The molecular formula is C12H17NO2. The van der Waals surface area contributed by atoms with Crippen LogP contribution >= 0.6 is 0 Å². The molecule has 1 atom stereocenters. The Morgan fingerprint density at radius 1 is 1.20 bits per heavy atom. The number of para-hydroxylation sites is 2. The molecule has 0 amide bonds. The fourth-order valence-electron chi connectivity index (χ4n) is 1.79. The highest BCUT2D eigenvalue weighted by molar-refractivity contribution is 5.39. The van der Waals surface area contributed by atoms with Crippen LogP contribution in [0.4, 0.5) is 0 Å². The standard InChI is InChI=1S/C12H17NO2/c1-14-10-6-2-3-7-11(10)15-12-8-4-5-9-13-12/h2-3,6-7,12-13H,4-5,8-9H2,1H3. The van der Waals surface area contributed by atoms with Crippen molar-refractivity contribution in [2.45, 2.75) is 25.5 Å². The molecule has 0 aromatic heterocycles. The van der Waals surface area contributed by atoms with E-state index in [1.165, 1.54) is 12.8 Å². The molecule has 1 aliphatic heterocycles. The summed E-state index contributed by atoms with van der Waals surface area (Å²) in [7, 11) is 1.66. The highest BCUT2D eigenvalue weighted by atomic mass is 16.5. The molecule has 2 rings (SSSR count). The van der Waals surface area contributed by atoms with E-state index in [0.717, 1.165) is 24.5 Å². The van der Waals surface area contributed by atoms with Gasteiger partial charge in [0.25, 0.3) is 0 Å². The first kappa shape index (κ1) is 10.3. The van der Waals surface area contributed by atoms with Crippen molar-refractivity contribution in [3.8, 4) is 11.5 Å². The molecule has 0 bridgehead atoms. The molecule has 1 heterocycles. The van der Waals surface area contributed by atoms with Gasteiger partial charge >= 0.3 is 0 Å². The lowest BCUT2D eigenvalue weighted by molar-refractivity contribution is 0.128. The van der Waals surface area contributed by atoms with Crippen LogP contribution < -0.4 is 14.8 Å². The van der Waals surface area contributed by atoms with Crippen LogP contribution in [0.1, 0.15) is 19.3 Å². The third-order valence-corrected chi connectivity index (χ3v) is 2.60. The van der Waals surface area contributed by atoms with Crippen LogP contribution in [0, 0.1) is 0 Å². The maximum atomic E-state index is 5.84. The van der Waals surface area contributed by atoms with Gasteiger partial charge in [0.1, 0.15) is 6.23 Å². The number of ether oxygens (including phenoxy) is 2. The van der Waals surface area contributed by atoms with Gasteiger partial charge in [-0.25, -0.2) is 0 Å². The van der Waals surface area contributed by atoms with E-state index in [-0.39, 0.29) is 6.23 Å². The monoisotopic (exact) mass is 207 g/mol. The van der Waals surface area contributed by atoms with E-state index in [1.54, 1.807) is 7.11 Å². The highest BCUT2D eigenvalue weighted by Crippen LogP contribution is 2.27. The van der Waals surface area contributed by atoms with Gasteiger partial charge in [0.15, 0.2) is 11.5 Å². The largest absolute Gasteiger partial charge is 0.493 e. The Kier molecular flexibility index (Phi) is 3.45. The van der Waals surface area contributed by atoms with Gasteiger partial charge in [-0.3, -0.25) is 5.32 Å². The summed E-state index contributed by atoms with van der Waals surface area (Å²) in [6.07, 6.45) is 3.67. The van der Waals surface area contributed by atoms with Crippen molar-refractivity contribution in [1.29, 1.82) is 0 Å². The number of hydrogen-bond donors (Lipinski definition) is 1. The summed E-state index contributed by atoms with van der Waals surface area (Å²) in [5.41, 5.74) is 0. The van der Waals surface area contributed by atoms with Crippen LogP contribution in [0.3, 0.4) is 0 Å². The van der Waals surface area contributed by atoms with Crippen molar-refractivity contribution in [1.82, 2.24) is 5.32 Å². The molecule has 15 heavy (non-hydrogen) atoms. The Bertz CT molecular complexity index is 308. The Morgan fingerprint density at radius 2 is 2.00 bits per heavy atom. The average Bonchev–Trinajstić information content (AvgIpc) is 2.31. The minimum absolute atomic E-state index is 0.134. The molecule has 1 saturated heterocycles. The van der Waals surface area contributed by atoms with Crippen LogP contribution in [-0.4, -0.2) is 19.9 Å². The first-order valence-corrected chi connectivity index (χ1v) is 5.43. The lowest BCUT2D eigenvalue weighted by Crippen LogP contribution is -2.38. The minimum atomic E-state index is 0.134. The smallest absolute Gasteiger partial charge is 0.163 e. The van der Waals surface area contributed by atoms with Gasteiger partial charge in [0.2, 0.25) is 0 Å². The molecule has 1 aromatic carbocycles. The highest BCUT2D eigenvalue weighted by Gasteiger charge is 2.15. The Balaban J connectivity index is 2.02. The second-order valence-corrected chi connectivity index (χ2v) is 3.71. The number of nitrogens with one attached hydrogen (secondary N) is 1. The molecule has 0 spiro atoms. The maximum absolute atomic E-state index is 5.84. The Morgan fingerprint density at radius 3 is 2.67 bits per heavy atom. The molecule has 1 aliphatic rings. The van der Waals surface area contributed by atoms with Gasteiger partial charge in [-0.15, -0.1) is 0 Å². The van der Waals surface area contributed by atoms with Crippen LogP contribution in [0.15, 0.2) is 24.3 Å². The van der Waals surface area contributed by atoms with Crippen molar-refractivity contribution >= 4 is 0 Å². The molecule has 0 radical (unpaired) electrons. The second-order valence-electron chi connectivity index (χ2n) is 3.71. The van der Waals surface area contributed by atoms with E-state index in [4.69, 9.17) is 9.47 Å². The first-order valence-electron chi connectivity index (χ1n) is 5.43. The van der Waals surface area contributed by atoms with E-state index in [9.17, 15) is 0 Å². The summed E-state index contributed by atoms with van der Waals surface area (Å²) >= 11 is 0. The Hall–Kier alpha value is -1.22. The van der Waals surface area contributed by atoms with Crippen molar-refractivity contribution in [2.75, 3.05) is 13.7 Å². The number of piperidine rings is 1. The van der Waals surface area contributed by atoms with E-state index < -0.39 is 0 Å². The third kappa shape index (κ3) is 2.63. The average molecular weight is 207 g/mol. The molecular weight excluding hydrogens is 190 g/mol. The molecule has 3 nitrogen and oxygen atoms in total. The van der Waals surface area contributed by atoms with Crippen LogP contribution in [0.5, 0.6) is 11.5 Å². The summed E-state index contributed by atoms with van der Waals surface area (Å²) in [5.74, 6) is 1.62.